The zero-order chi connectivity index (χ0) is 19.2. The fourth-order valence-electron chi connectivity index (χ4n) is 2.73. The van der Waals surface area contributed by atoms with Crippen molar-refractivity contribution in [2.75, 3.05) is 6.61 Å². The molecular formula is C22H24N2O3. The molecule has 5 heteroatoms. The molecule has 0 fully saturated rings. The van der Waals surface area contributed by atoms with Gasteiger partial charge >= 0.3 is 5.97 Å². The van der Waals surface area contributed by atoms with Gasteiger partial charge in [-0.2, -0.15) is 0 Å². The summed E-state index contributed by atoms with van der Waals surface area (Å²) in [6, 6.07) is 13.7. The van der Waals surface area contributed by atoms with Crippen molar-refractivity contribution in [3.63, 3.8) is 0 Å². The number of rotatable bonds is 8. The van der Waals surface area contributed by atoms with E-state index in [-0.39, 0.29) is 0 Å². The van der Waals surface area contributed by atoms with E-state index in [0.29, 0.717) is 18.9 Å². The Morgan fingerprint density at radius 1 is 1.22 bits per heavy atom. The average molecular weight is 364 g/mol. The average Bonchev–Trinajstić information content (AvgIpc) is 3.02. The van der Waals surface area contributed by atoms with Crippen molar-refractivity contribution in [3.05, 3.63) is 65.5 Å². The first kappa shape index (κ1) is 18.7. The first-order chi connectivity index (χ1) is 13.0. The third-order valence-corrected chi connectivity index (χ3v) is 4.24. The predicted molar refractivity (Wildman–Crippen MR) is 107 cm³/mol. The summed E-state index contributed by atoms with van der Waals surface area (Å²) in [6.07, 6.45) is 4.42. The fraction of sp³-hybridized carbons (Fsp3) is 0.273. The van der Waals surface area contributed by atoms with Crippen molar-refractivity contribution in [2.45, 2.75) is 26.7 Å². The normalized spacial score (nSPS) is 11.5. The monoisotopic (exact) mass is 364 g/mol. The lowest BCUT2D eigenvalue weighted by Gasteiger charge is -2.07. The Bertz CT molecular complexity index is 940. The number of hydrogen-bond acceptors (Lipinski definition) is 3. The van der Waals surface area contributed by atoms with Crippen molar-refractivity contribution >= 4 is 23.1 Å². The van der Waals surface area contributed by atoms with E-state index in [4.69, 9.17) is 9.84 Å². The topological polar surface area (TPSA) is 75.2 Å². The number of carboxylic acids is 1. The van der Waals surface area contributed by atoms with Crippen molar-refractivity contribution in [1.29, 1.82) is 0 Å². The SMILES string of the molecule is CC(C)CCOc1ccc2[nH]c(Cc3ccc(/C=C/C(=O)O)cc3)nc2c1. The molecule has 3 aromatic rings. The number of aromatic nitrogens is 2. The van der Waals surface area contributed by atoms with Crippen LogP contribution in [0, 0.1) is 5.92 Å². The Morgan fingerprint density at radius 2 is 2.00 bits per heavy atom. The molecule has 27 heavy (non-hydrogen) atoms. The molecule has 0 amide bonds. The number of ether oxygens (including phenoxy) is 1. The Balaban J connectivity index is 1.67. The van der Waals surface area contributed by atoms with E-state index in [9.17, 15) is 4.79 Å². The summed E-state index contributed by atoms with van der Waals surface area (Å²) in [5.41, 5.74) is 3.85. The summed E-state index contributed by atoms with van der Waals surface area (Å²) in [5.74, 6) is 1.40. The van der Waals surface area contributed by atoms with E-state index < -0.39 is 5.97 Å². The van der Waals surface area contributed by atoms with Gasteiger partial charge in [0, 0.05) is 18.6 Å². The van der Waals surface area contributed by atoms with Crippen LogP contribution in [0.15, 0.2) is 48.5 Å². The molecule has 0 bridgehead atoms. The van der Waals surface area contributed by atoms with E-state index >= 15 is 0 Å². The molecular weight excluding hydrogens is 340 g/mol. The fourth-order valence-corrected chi connectivity index (χ4v) is 2.73. The lowest BCUT2D eigenvalue weighted by molar-refractivity contribution is -0.131. The van der Waals surface area contributed by atoms with E-state index in [1.54, 1.807) is 6.08 Å². The Kier molecular flexibility index (Phi) is 5.91. The van der Waals surface area contributed by atoms with Crippen molar-refractivity contribution in [3.8, 4) is 5.75 Å². The molecule has 0 atom stereocenters. The molecule has 1 aromatic heterocycles. The highest BCUT2D eigenvalue weighted by atomic mass is 16.5. The predicted octanol–water partition coefficient (Wildman–Crippen LogP) is 4.68. The lowest BCUT2D eigenvalue weighted by Crippen LogP contribution is -2.01. The number of fused-ring (bicyclic) bond motifs is 1. The largest absolute Gasteiger partial charge is 0.494 e. The van der Waals surface area contributed by atoms with Gasteiger partial charge in [0.05, 0.1) is 17.6 Å². The lowest BCUT2D eigenvalue weighted by atomic mass is 10.1. The van der Waals surface area contributed by atoms with Gasteiger partial charge < -0.3 is 14.8 Å². The summed E-state index contributed by atoms with van der Waals surface area (Å²) < 4.78 is 5.80. The molecule has 0 aliphatic heterocycles. The van der Waals surface area contributed by atoms with Gasteiger partial charge in [-0.15, -0.1) is 0 Å². The van der Waals surface area contributed by atoms with E-state index in [1.165, 1.54) is 0 Å². The highest BCUT2D eigenvalue weighted by Gasteiger charge is 2.06. The molecule has 5 nitrogen and oxygen atoms in total. The first-order valence-electron chi connectivity index (χ1n) is 9.11. The maximum atomic E-state index is 10.6. The van der Waals surface area contributed by atoms with Crippen LogP contribution in [0.3, 0.4) is 0 Å². The zero-order valence-corrected chi connectivity index (χ0v) is 15.6. The molecule has 0 saturated heterocycles. The molecule has 2 N–H and O–H groups in total. The third-order valence-electron chi connectivity index (χ3n) is 4.24. The highest BCUT2D eigenvalue weighted by molar-refractivity contribution is 5.85. The molecule has 0 aliphatic carbocycles. The van der Waals surface area contributed by atoms with Gasteiger partial charge in [-0.3, -0.25) is 0 Å². The van der Waals surface area contributed by atoms with E-state index in [1.807, 2.05) is 42.5 Å². The van der Waals surface area contributed by atoms with Gasteiger partial charge in [-0.25, -0.2) is 9.78 Å². The third kappa shape index (κ3) is 5.45. The van der Waals surface area contributed by atoms with E-state index in [2.05, 4.69) is 23.8 Å². The van der Waals surface area contributed by atoms with Crippen LogP contribution in [0.4, 0.5) is 0 Å². The molecule has 140 valence electrons. The summed E-state index contributed by atoms with van der Waals surface area (Å²) >= 11 is 0. The molecule has 3 rings (SSSR count). The highest BCUT2D eigenvalue weighted by Crippen LogP contribution is 2.21. The number of carboxylic acid groups (broad SMARTS) is 1. The second-order valence-electron chi connectivity index (χ2n) is 6.98. The number of carbonyl (C=O) groups is 1. The maximum absolute atomic E-state index is 10.6. The van der Waals surface area contributed by atoms with Crippen LogP contribution in [-0.2, 0) is 11.2 Å². The number of benzene rings is 2. The molecule has 0 saturated carbocycles. The minimum absolute atomic E-state index is 0.622. The maximum Gasteiger partial charge on any atom is 0.328 e. The second-order valence-corrected chi connectivity index (χ2v) is 6.98. The Labute approximate surface area is 158 Å². The number of H-pyrrole nitrogens is 1. The molecule has 0 radical (unpaired) electrons. The van der Waals surface area contributed by atoms with Gasteiger partial charge in [0.2, 0.25) is 0 Å². The molecule has 1 heterocycles. The molecule has 0 spiro atoms. The number of nitrogens with one attached hydrogen (secondary N) is 1. The van der Waals surface area contributed by atoms with Crippen LogP contribution >= 0.6 is 0 Å². The number of nitrogens with zero attached hydrogens (tertiary/aromatic N) is 1. The molecule has 2 aromatic carbocycles. The number of hydrogen-bond donors (Lipinski definition) is 2. The van der Waals surface area contributed by atoms with E-state index in [0.717, 1.165) is 46.2 Å². The van der Waals surface area contributed by atoms with Crippen molar-refractivity contribution < 1.29 is 14.6 Å². The second kappa shape index (κ2) is 8.54. The summed E-state index contributed by atoms with van der Waals surface area (Å²) in [5, 5.41) is 8.68. The number of imidazole rings is 1. The van der Waals surface area contributed by atoms with Crippen LogP contribution in [0.1, 0.15) is 37.2 Å². The van der Waals surface area contributed by atoms with Gasteiger partial charge in [0.25, 0.3) is 0 Å². The van der Waals surface area contributed by atoms with Crippen LogP contribution in [0.5, 0.6) is 5.75 Å². The summed E-state index contributed by atoms with van der Waals surface area (Å²) in [6.45, 7) is 5.08. The van der Waals surface area contributed by atoms with Crippen LogP contribution in [0.25, 0.3) is 17.1 Å². The minimum Gasteiger partial charge on any atom is -0.494 e. The Morgan fingerprint density at radius 3 is 2.70 bits per heavy atom. The first-order valence-corrected chi connectivity index (χ1v) is 9.11. The molecule has 0 aliphatic rings. The van der Waals surface area contributed by atoms with Crippen LogP contribution in [-0.4, -0.2) is 27.7 Å². The number of aliphatic carboxylic acids is 1. The quantitative estimate of drug-likeness (QED) is 0.569. The van der Waals surface area contributed by atoms with Gasteiger partial charge in [-0.05, 0) is 41.7 Å². The van der Waals surface area contributed by atoms with Gasteiger partial charge in [0.1, 0.15) is 11.6 Å². The standard InChI is InChI=1S/C22H24N2O3/c1-15(2)11-12-27-18-8-9-19-20(14-18)24-21(23-19)13-17-5-3-16(4-6-17)7-10-22(25)26/h3-10,14-15H,11-13H2,1-2H3,(H,23,24)(H,25,26)/b10-7+. The minimum atomic E-state index is -0.950. The van der Waals surface area contributed by atoms with Gasteiger partial charge in [-0.1, -0.05) is 38.1 Å². The number of aromatic amines is 1. The van der Waals surface area contributed by atoms with Crippen LogP contribution in [0.2, 0.25) is 0 Å². The Hall–Kier alpha value is -3.08. The van der Waals surface area contributed by atoms with Gasteiger partial charge in [0.15, 0.2) is 0 Å². The van der Waals surface area contributed by atoms with Crippen molar-refractivity contribution in [2.24, 2.45) is 5.92 Å². The summed E-state index contributed by atoms with van der Waals surface area (Å²) in [7, 11) is 0. The zero-order valence-electron chi connectivity index (χ0n) is 15.6. The molecule has 0 unspecified atom stereocenters. The summed E-state index contributed by atoms with van der Waals surface area (Å²) in [4.78, 5) is 18.6. The van der Waals surface area contributed by atoms with Crippen LogP contribution < -0.4 is 4.74 Å². The van der Waals surface area contributed by atoms with Crippen molar-refractivity contribution in [1.82, 2.24) is 9.97 Å². The smallest absolute Gasteiger partial charge is 0.328 e.